The van der Waals surface area contributed by atoms with Gasteiger partial charge >= 0.3 is 0 Å². The zero-order valence-electron chi connectivity index (χ0n) is 12.2. The predicted octanol–water partition coefficient (Wildman–Crippen LogP) is 0.909. The molecule has 4 heteroatoms. The van der Waals surface area contributed by atoms with Crippen LogP contribution in [0.5, 0.6) is 0 Å². The topological polar surface area (TPSA) is 41.7 Å². The van der Waals surface area contributed by atoms with Crippen LogP contribution < -0.4 is 5.73 Å². The van der Waals surface area contributed by atoms with Crippen LogP contribution >= 0.6 is 0 Å². The Hall–Kier alpha value is -0.160. The van der Waals surface area contributed by atoms with Gasteiger partial charge in [0.1, 0.15) is 0 Å². The quantitative estimate of drug-likeness (QED) is 0.766. The van der Waals surface area contributed by atoms with E-state index in [1.54, 1.807) is 0 Å². The molecule has 0 bridgehead atoms. The molecule has 2 aliphatic rings. The van der Waals surface area contributed by atoms with Crippen LogP contribution in [0.25, 0.3) is 0 Å². The van der Waals surface area contributed by atoms with E-state index in [0.717, 1.165) is 32.5 Å². The summed E-state index contributed by atoms with van der Waals surface area (Å²) in [5, 5.41) is 0. The molecule has 0 amide bonds. The van der Waals surface area contributed by atoms with E-state index in [0.29, 0.717) is 12.1 Å². The number of likely N-dealkylation sites (N-methyl/N-ethyl adjacent to an activating group) is 1. The summed E-state index contributed by atoms with van der Waals surface area (Å²) >= 11 is 0. The molecular weight excluding hydrogens is 226 g/mol. The molecule has 0 aromatic heterocycles. The van der Waals surface area contributed by atoms with Crippen molar-refractivity contribution in [3.63, 3.8) is 0 Å². The summed E-state index contributed by atoms with van der Waals surface area (Å²) in [4.78, 5) is 4.98. The molecule has 1 aliphatic carbocycles. The van der Waals surface area contributed by atoms with E-state index in [4.69, 9.17) is 10.5 Å². The van der Waals surface area contributed by atoms with Crippen LogP contribution in [0.1, 0.15) is 32.6 Å². The van der Waals surface area contributed by atoms with E-state index in [-0.39, 0.29) is 5.54 Å². The molecule has 18 heavy (non-hydrogen) atoms. The third-order valence-electron chi connectivity index (χ3n) is 4.56. The van der Waals surface area contributed by atoms with Crippen molar-refractivity contribution in [2.45, 2.75) is 50.3 Å². The lowest BCUT2D eigenvalue weighted by Crippen LogP contribution is -2.66. The summed E-state index contributed by atoms with van der Waals surface area (Å²) < 4.78 is 5.72. The van der Waals surface area contributed by atoms with Crippen molar-refractivity contribution in [1.82, 2.24) is 9.80 Å². The highest BCUT2D eigenvalue weighted by atomic mass is 16.5. The first-order chi connectivity index (χ1) is 8.61. The average molecular weight is 255 g/mol. The van der Waals surface area contributed by atoms with E-state index in [2.05, 4.69) is 30.8 Å². The van der Waals surface area contributed by atoms with Crippen LogP contribution in [0, 0.1) is 0 Å². The Morgan fingerprint density at radius 1 is 1.39 bits per heavy atom. The maximum absolute atomic E-state index is 6.09. The van der Waals surface area contributed by atoms with E-state index in [1.807, 2.05) is 0 Å². The minimum atomic E-state index is 0.233. The van der Waals surface area contributed by atoms with Crippen molar-refractivity contribution in [1.29, 1.82) is 0 Å². The fraction of sp³-hybridized carbons (Fsp3) is 1.00. The number of nitrogens with zero attached hydrogens (tertiary/aromatic N) is 2. The number of hydrogen-bond acceptors (Lipinski definition) is 4. The average Bonchev–Trinajstić information content (AvgIpc) is 2.70. The van der Waals surface area contributed by atoms with Crippen LogP contribution in [0.2, 0.25) is 0 Å². The Labute approximate surface area is 111 Å². The Balaban J connectivity index is 1.95. The number of nitrogens with two attached hydrogens (primary N) is 1. The summed E-state index contributed by atoms with van der Waals surface area (Å²) in [5.74, 6) is 0. The summed E-state index contributed by atoms with van der Waals surface area (Å²) in [6.45, 7) is 6.05. The molecule has 1 atom stereocenters. The molecule has 1 heterocycles. The number of ether oxygens (including phenoxy) is 1. The first kappa shape index (κ1) is 14.3. The Morgan fingerprint density at radius 2 is 2.11 bits per heavy atom. The van der Waals surface area contributed by atoms with E-state index >= 15 is 0 Å². The highest BCUT2D eigenvalue weighted by Crippen LogP contribution is 2.42. The minimum absolute atomic E-state index is 0.233. The second-order valence-corrected chi connectivity index (χ2v) is 6.17. The van der Waals surface area contributed by atoms with Crippen LogP contribution in [-0.4, -0.2) is 67.8 Å². The number of likely N-dealkylation sites (tertiary alicyclic amines) is 1. The summed E-state index contributed by atoms with van der Waals surface area (Å²) in [6, 6.07) is 0.686. The first-order valence-corrected chi connectivity index (χ1v) is 7.34. The Bertz CT molecular complexity index is 264. The third-order valence-corrected chi connectivity index (χ3v) is 4.56. The molecule has 2 N–H and O–H groups in total. The Kier molecular flexibility index (Phi) is 4.64. The maximum atomic E-state index is 6.09. The third kappa shape index (κ3) is 2.72. The smallest absolute Gasteiger partial charge is 0.0611 e. The highest BCUT2D eigenvalue weighted by molar-refractivity contribution is 5.07. The molecule has 1 unspecified atom stereocenters. The van der Waals surface area contributed by atoms with Gasteiger partial charge in [-0.3, -0.25) is 4.90 Å². The molecule has 4 nitrogen and oxygen atoms in total. The van der Waals surface area contributed by atoms with Crippen LogP contribution in [-0.2, 0) is 4.74 Å². The van der Waals surface area contributed by atoms with Crippen molar-refractivity contribution < 1.29 is 4.74 Å². The van der Waals surface area contributed by atoms with Gasteiger partial charge in [-0.05, 0) is 53.2 Å². The van der Waals surface area contributed by atoms with Crippen LogP contribution in [0.3, 0.4) is 0 Å². The molecule has 0 spiro atoms. The molecule has 1 aliphatic heterocycles. The van der Waals surface area contributed by atoms with Gasteiger partial charge in [0.15, 0.2) is 0 Å². The fourth-order valence-corrected chi connectivity index (χ4v) is 3.73. The molecule has 2 rings (SSSR count). The maximum Gasteiger partial charge on any atom is 0.0611 e. The van der Waals surface area contributed by atoms with Crippen molar-refractivity contribution in [3.8, 4) is 0 Å². The van der Waals surface area contributed by atoms with Gasteiger partial charge in [0.2, 0.25) is 0 Å². The zero-order chi connectivity index (χ0) is 13.2. The van der Waals surface area contributed by atoms with Gasteiger partial charge in [-0.1, -0.05) is 0 Å². The van der Waals surface area contributed by atoms with Crippen molar-refractivity contribution in [2.75, 3.05) is 40.3 Å². The highest BCUT2D eigenvalue weighted by Gasteiger charge is 2.51. The van der Waals surface area contributed by atoms with Gasteiger partial charge in [0.25, 0.3) is 0 Å². The lowest BCUT2D eigenvalue weighted by Gasteiger charge is -2.54. The van der Waals surface area contributed by atoms with Crippen molar-refractivity contribution >= 4 is 0 Å². The van der Waals surface area contributed by atoms with Crippen LogP contribution in [0.4, 0.5) is 0 Å². The molecule has 2 fully saturated rings. The normalized spacial score (nSPS) is 37.2. The van der Waals surface area contributed by atoms with Gasteiger partial charge in [0, 0.05) is 31.3 Å². The van der Waals surface area contributed by atoms with Crippen LogP contribution in [0.15, 0.2) is 0 Å². The molecule has 1 saturated heterocycles. The number of rotatable bonds is 6. The van der Waals surface area contributed by atoms with E-state index < -0.39 is 0 Å². The predicted molar refractivity (Wildman–Crippen MR) is 74.7 cm³/mol. The molecule has 0 radical (unpaired) electrons. The molecule has 1 saturated carbocycles. The number of hydrogen-bond donors (Lipinski definition) is 1. The lowest BCUT2D eigenvalue weighted by molar-refractivity contribution is -0.105. The monoisotopic (exact) mass is 255 g/mol. The minimum Gasteiger partial charge on any atom is -0.378 e. The largest absolute Gasteiger partial charge is 0.378 e. The van der Waals surface area contributed by atoms with Crippen molar-refractivity contribution in [2.24, 2.45) is 5.73 Å². The SMILES string of the molecule is CCOC1CC(CN)(N2CCCC2CN(C)C)C1. The van der Waals surface area contributed by atoms with Gasteiger partial charge in [-0.15, -0.1) is 0 Å². The lowest BCUT2D eigenvalue weighted by atomic mass is 9.72. The second kappa shape index (κ2) is 5.87. The van der Waals surface area contributed by atoms with Gasteiger partial charge in [0.05, 0.1) is 6.10 Å². The zero-order valence-corrected chi connectivity index (χ0v) is 12.2. The van der Waals surface area contributed by atoms with Gasteiger partial charge in [-0.25, -0.2) is 0 Å². The summed E-state index contributed by atoms with van der Waals surface area (Å²) in [5.41, 5.74) is 6.32. The van der Waals surface area contributed by atoms with E-state index in [9.17, 15) is 0 Å². The van der Waals surface area contributed by atoms with Gasteiger partial charge < -0.3 is 15.4 Å². The second-order valence-electron chi connectivity index (χ2n) is 6.17. The first-order valence-electron chi connectivity index (χ1n) is 7.34. The van der Waals surface area contributed by atoms with Gasteiger partial charge in [-0.2, -0.15) is 0 Å². The van der Waals surface area contributed by atoms with E-state index in [1.165, 1.54) is 19.4 Å². The summed E-state index contributed by atoms with van der Waals surface area (Å²) in [7, 11) is 4.32. The Morgan fingerprint density at radius 3 is 2.67 bits per heavy atom. The molecular formula is C14H29N3O. The van der Waals surface area contributed by atoms with Crippen molar-refractivity contribution in [3.05, 3.63) is 0 Å². The molecule has 0 aromatic rings. The fourth-order valence-electron chi connectivity index (χ4n) is 3.73. The molecule has 106 valence electrons. The summed E-state index contributed by atoms with van der Waals surface area (Å²) in [6.07, 6.45) is 5.33. The standard InChI is InChI=1S/C14H29N3O/c1-4-18-13-8-14(9-13,11-15)17-7-5-6-12(17)10-16(2)3/h12-13H,4-11,15H2,1-3H3. The molecule has 0 aromatic carbocycles.